The van der Waals surface area contributed by atoms with Crippen molar-refractivity contribution in [2.75, 3.05) is 6.61 Å². The molecule has 1 atom stereocenters. The molecule has 0 aromatic rings. The van der Waals surface area contributed by atoms with Gasteiger partial charge < -0.3 is 9.47 Å². The molecule has 0 bridgehead atoms. The summed E-state index contributed by atoms with van der Waals surface area (Å²) in [4.78, 5) is 10.8. The number of carbonyl (C=O) groups is 1. The van der Waals surface area contributed by atoms with Crippen LogP contribution < -0.4 is 0 Å². The van der Waals surface area contributed by atoms with Crippen molar-refractivity contribution >= 4 is 5.97 Å². The van der Waals surface area contributed by atoms with Gasteiger partial charge in [0.2, 0.25) is 6.29 Å². The van der Waals surface area contributed by atoms with Gasteiger partial charge in [-0.1, -0.05) is 19.3 Å². The Balaban J connectivity index is 1.63. The second-order valence-electron chi connectivity index (χ2n) is 4.30. The van der Waals surface area contributed by atoms with Gasteiger partial charge in [0.25, 0.3) is 0 Å². The lowest BCUT2D eigenvalue weighted by Crippen LogP contribution is -2.19. The average molecular weight is 198 g/mol. The van der Waals surface area contributed by atoms with Gasteiger partial charge in [-0.2, -0.15) is 0 Å². The van der Waals surface area contributed by atoms with Crippen molar-refractivity contribution < 1.29 is 14.3 Å². The molecule has 3 nitrogen and oxygen atoms in total. The molecule has 0 aromatic heterocycles. The van der Waals surface area contributed by atoms with Crippen molar-refractivity contribution in [2.45, 2.75) is 51.2 Å². The molecule has 1 aliphatic heterocycles. The standard InChI is InChI=1S/C11H18O3/c12-10-6-7-11(14-10)13-8-9-4-2-1-3-5-9/h9,11H,1-8H2. The van der Waals surface area contributed by atoms with E-state index < -0.39 is 0 Å². The summed E-state index contributed by atoms with van der Waals surface area (Å²) in [5.74, 6) is 0.585. The molecule has 2 aliphatic rings. The van der Waals surface area contributed by atoms with E-state index in [-0.39, 0.29) is 12.3 Å². The highest BCUT2D eigenvalue weighted by Crippen LogP contribution is 2.25. The molecule has 14 heavy (non-hydrogen) atoms. The molecule has 1 saturated heterocycles. The van der Waals surface area contributed by atoms with Crippen LogP contribution in [0, 0.1) is 5.92 Å². The normalized spacial score (nSPS) is 29.1. The molecular weight excluding hydrogens is 180 g/mol. The molecule has 80 valence electrons. The lowest BCUT2D eigenvalue weighted by molar-refractivity contribution is -0.165. The first kappa shape index (κ1) is 9.97. The minimum Gasteiger partial charge on any atom is -0.436 e. The van der Waals surface area contributed by atoms with Crippen LogP contribution in [0.4, 0.5) is 0 Å². The van der Waals surface area contributed by atoms with Gasteiger partial charge in [0.05, 0.1) is 13.0 Å². The summed E-state index contributed by atoms with van der Waals surface area (Å²) in [5.41, 5.74) is 0. The van der Waals surface area contributed by atoms with Crippen LogP contribution in [0.15, 0.2) is 0 Å². The maximum atomic E-state index is 10.8. The van der Waals surface area contributed by atoms with Crippen molar-refractivity contribution in [2.24, 2.45) is 5.92 Å². The van der Waals surface area contributed by atoms with Crippen molar-refractivity contribution in [3.63, 3.8) is 0 Å². The van der Waals surface area contributed by atoms with Gasteiger partial charge in [0.1, 0.15) is 0 Å². The zero-order valence-electron chi connectivity index (χ0n) is 8.54. The smallest absolute Gasteiger partial charge is 0.308 e. The number of hydrogen-bond acceptors (Lipinski definition) is 3. The third-order valence-corrected chi connectivity index (χ3v) is 3.09. The minimum atomic E-state index is -0.246. The van der Waals surface area contributed by atoms with Crippen LogP contribution in [0.5, 0.6) is 0 Å². The first-order chi connectivity index (χ1) is 6.84. The molecule has 0 aromatic carbocycles. The first-order valence-electron chi connectivity index (χ1n) is 5.65. The van der Waals surface area contributed by atoms with Crippen LogP contribution in [0.3, 0.4) is 0 Å². The summed E-state index contributed by atoms with van der Waals surface area (Å²) >= 11 is 0. The summed E-state index contributed by atoms with van der Waals surface area (Å²) in [6, 6.07) is 0. The van der Waals surface area contributed by atoms with Gasteiger partial charge in [-0.05, 0) is 18.8 Å². The third-order valence-electron chi connectivity index (χ3n) is 3.09. The number of ether oxygens (including phenoxy) is 2. The summed E-state index contributed by atoms with van der Waals surface area (Å²) in [6.07, 6.45) is 7.61. The SMILES string of the molecule is O=C1CCC(OCC2CCCCC2)O1. The molecule has 1 saturated carbocycles. The highest BCUT2D eigenvalue weighted by Gasteiger charge is 2.25. The number of cyclic esters (lactones) is 1. The Bertz CT molecular complexity index is 197. The Hall–Kier alpha value is -0.570. The lowest BCUT2D eigenvalue weighted by atomic mass is 9.90. The molecule has 3 heteroatoms. The molecule has 0 spiro atoms. The number of rotatable bonds is 3. The van der Waals surface area contributed by atoms with Crippen LogP contribution >= 0.6 is 0 Å². The van der Waals surface area contributed by atoms with E-state index in [1.165, 1.54) is 32.1 Å². The van der Waals surface area contributed by atoms with Crippen LogP contribution in [0.25, 0.3) is 0 Å². The Kier molecular flexibility index (Phi) is 3.40. The molecular formula is C11H18O3. The highest BCUT2D eigenvalue weighted by molar-refractivity contribution is 5.71. The van der Waals surface area contributed by atoms with E-state index in [1.807, 2.05) is 0 Å². The Morgan fingerprint density at radius 3 is 2.64 bits per heavy atom. The Morgan fingerprint density at radius 2 is 2.00 bits per heavy atom. The van der Waals surface area contributed by atoms with E-state index in [1.54, 1.807) is 0 Å². The maximum Gasteiger partial charge on any atom is 0.308 e. The average Bonchev–Trinajstić information content (AvgIpc) is 2.63. The predicted octanol–water partition coefficient (Wildman–Crippen LogP) is 2.25. The van der Waals surface area contributed by atoms with E-state index in [4.69, 9.17) is 9.47 Å². The summed E-state index contributed by atoms with van der Waals surface area (Å²) in [5, 5.41) is 0. The van der Waals surface area contributed by atoms with Crippen molar-refractivity contribution in [1.82, 2.24) is 0 Å². The fourth-order valence-corrected chi connectivity index (χ4v) is 2.21. The summed E-state index contributed by atoms with van der Waals surface area (Å²) in [6.45, 7) is 0.776. The fourth-order valence-electron chi connectivity index (χ4n) is 2.21. The molecule has 1 aliphatic carbocycles. The van der Waals surface area contributed by atoms with Gasteiger partial charge in [-0.3, -0.25) is 4.79 Å². The van der Waals surface area contributed by atoms with Gasteiger partial charge in [0, 0.05) is 6.42 Å². The highest BCUT2D eigenvalue weighted by atomic mass is 16.7. The Labute approximate surface area is 84.8 Å². The van der Waals surface area contributed by atoms with E-state index in [0.29, 0.717) is 12.3 Å². The van der Waals surface area contributed by atoms with Crippen molar-refractivity contribution in [1.29, 1.82) is 0 Å². The fraction of sp³-hybridized carbons (Fsp3) is 0.909. The van der Waals surface area contributed by atoms with Gasteiger partial charge >= 0.3 is 5.97 Å². The molecule has 1 heterocycles. The van der Waals surface area contributed by atoms with Crippen LogP contribution in [-0.4, -0.2) is 18.9 Å². The van der Waals surface area contributed by atoms with Gasteiger partial charge in [0.15, 0.2) is 0 Å². The van der Waals surface area contributed by atoms with Crippen molar-refractivity contribution in [3.8, 4) is 0 Å². The van der Waals surface area contributed by atoms with E-state index in [0.717, 1.165) is 13.0 Å². The zero-order chi connectivity index (χ0) is 9.80. The topological polar surface area (TPSA) is 35.5 Å². The van der Waals surface area contributed by atoms with E-state index in [9.17, 15) is 4.79 Å². The molecule has 0 amide bonds. The molecule has 2 rings (SSSR count). The summed E-state index contributed by atoms with van der Waals surface area (Å²) in [7, 11) is 0. The number of hydrogen-bond donors (Lipinski definition) is 0. The predicted molar refractivity (Wildman–Crippen MR) is 51.6 cm³/mol. The zero-order valence-corrected chi connectivity index (χ0v) is 8.54. The minimum absolute atomic E-state index is 0.112. The quantitative estimate of drug-likeness (QED) is 0.652. The number of esters is 1. The first-order valence-corrected chi connectivity index (χ1v) is 5.65. The lowest BCUT2D eigenvalue weighted by Gasteiger charge is -2.22. The molecule has 1 unspecified atom stereocenters. The van der Waals surface area contributed by atoms with Crippen LogP contribution in [0.1, 0.15) is 44.9 Å². The molecule has 0 N–H and O–H groups in total. The monoisotopic (exact) mass is 198 g/mol. The largest absolute Gasteiger partial charge is 0.436 e. The van der Waals surface area contributed by atoms with Crippen LogP contribution in [0.2, 0.25) is 0 Å². The second kappa shape index (κ2) is 4.78. The third kappa shape index (κ3) is 2.71. The van der Waals surface area contributed by atoms with Crippen molar-refractivity contribution in [3.05, 3.63) is 0 Å². The van der Waals surface area contributed by atoms with E-state index >= 15 is 0 Å². The molecule has 0 radical (unpaired) electrons. The van der Waals surface area contributed by atoms with E-state index in [2.05, 4.69) is 0 Å². The Morgan fingerprint density at radius 1 is 1.21 bits per heavy atom. The van der Waals surface area contributed by atoms with Gasteiger partial charge in [-0.25, -0.2) is 0 Å². The van der Waals surface area contributed by atoms with Gasteiger partial charge in [-0.15, -0.1) is 0 Å². The maximum absolute atomic E-state index is 10.8. The molecule has 2 fully saturated rings. The second-order valence-corrected chi connectivity index (χ2v) is 4.30. The van der Waals surface area contributed by atoms with Crippen LogP contribution in [-0.2, 0) is 14.3 Å². The number of carbonyl (C=O) groups excluding carboxylic acids is 1. The summed E-state index contributed by atoms with van der Waals surface area (Å²) < 4.78 is 10.6.